The van der Waals surface area contributed by atoms with Crippen molar-refractivity contribution in [2.45, 2.75) is 82.8 Å². The number of hydrogen-bond acceptors (Lipinski definition) is 7. The molecule has 1 rings (SSSR count). The molecule has 0 aromatic rings. The molecule has 1 N–H and O–H groups in total. The fraction of sp³-hybridized carbons (Fsp3) is 0.889. The van der Waals surface area contributed by atoms with Crippen LogP contribution in [0.2, 0.25) is 0 Å². The number of unbranched alkanes of at least 4 members (excludes halogenated alkanes) is 9. The van der Waals surface area contributed by atoms with Crippen LogP contribution >= 0.6 is 0 Å². The number of aliphatic carboxylic acids is 1. The minimum Gasteiger partial charge on any atom is -0.550 e. The summed E-state index contributed by atoms with van der Waals surface area (Å²) in [7, 11) is -4.82. The summed E-state index contributed by atoms with van der Waals surface area (Å²) in [6, 6.07) is 0. The van der Waals surface area contributed by atoms with Crippen LogP contribution in [0.1, 0.15) is 77.6 Å². The number of epoxide rings is 1. The van der Waals surface area contributed by atoms with E-state index in [9.17, 15) is 23.1 Å². The summed E-state index contributed by atoms with van der Waals surface area (Å²) in [5, 5.41) is 8.31. The second-order valence-electron chi connectivity index (χ2n) is 6.54. The van der Waals surface area contributed by atoms with Gasteiger partial charge in [0.15, 0.2) is 5.25 Å². The molecule has 1 heterocycles. The fourth-order valence-electron chi connectivity index (χ4n) is 2.32. The Morgan fingerprint density at radius 3 is 1.79 bits per heavy atom. The van der Waals surface area contributed by atoms with E-state index in [1.165, 1.54) is 38.5 Å². The first-order valence-electron chi connectivity index (χ1n) is 9.69. The summed E-state index contributed by atoms with van der Waals surface area (Å²) >= 11 is 0. The molecule has 0 radical (unpaired) electrons. The van der Waals surface area contributed by atoms with Gasteiger partial charge in [0, 0.05) is 12.4 Å². The summed E-state index contributed by atoms with van der Waals surface area (Å²) < 4.78 is 40.0. The van der Waals surface area contributed by atoms with Crippen molar-refractivity contribution >= 4 is 22.1 Å². The zero-order chi connectivity index (χ0) is 20.5. The Labute approximate surface area is 190 Å². The Hall–Kier alpha value is -0.190. The van der Waals surface area contributed by atoms with E-state index in [0.29, 0.717) is 6.42 Å². The van der Waals surface area contributed by atoms with Gasteiger partial charge in [0.1, 0.15) is 0 Å². The Morgan fingerprint density at radius 2 is 1.43 bits per heavy atom. The molecular weight excluding hydrogens is 399 g/mol. The third-order valence-corrected chi connectivity index (χ3v) is 5.00. The third kappa shape index (κ3) is 20.5. The maximum atomic E-state index is 11.5. The fourth-order valence-corrected chi connectivity index (χ4v) is 2.97. The first-order chi connectivity index (χ1) is 12.8. The number of rotatable bonds is 15. The molecule has 160 valence electrons. The van der Waals surface area contributed by atoms with Crippen LogP contribution < -0.4 is 34.7 Å². The summed E-state index contributed by atoms with van der Waals surface area (Å²) in [6.45, 7) is 4.19. The topological polar surface area (TPSA) is 133 Å². The number of ether oxygens (including phenoxy) is 2. The first-order valence-corrected chi connectivity index (χ1v) is 11.2. The SMILES string of the molecule is C1CO1.CCCCCCCCCCCCOC(=O)C(CC(=O)[O-])S(=O)(=O)O.[Na+]. The number of hydrogen-bond donors (Lipinski definition) is 1. The molecular formula is C18H33NaO8S. The largest absolute Gasteiger partial charge is 1.00 e. The Morgan fingerprint density at radius 1 is 1.00 bits per heavy atom. The van der Waals surface area contributed by atoms with Crippen molar-refractivity contribution in [2.24, 2.45) is 0 Å². The maximum absolute atomic E-state index is 11.5. The third-order valence-electron chi connectivity index (χ3n) is 3.92. The van der Waals surface area contributed by atoms with Gasteiger partial charge in [0.2, 0.25) is 0 Å². The van der Waals surface area contributed by atoms with Gasteiger partial charge in [0.05, 0.1) is 19.8 Å². The minimum absolute atomic E-state index is 0. The van der Waals surface area contributed by atoms with Gasteiger partial charge in [-0.15, -0.1) is 0 Å². The number of carboxylic acids is 1. The molecule has 0 aromatic carbocycles. The summed E-state index contributed by atoms with van der Waals surface area (Å²) in [6.07, 6.45) is 9.90. The molecule has 28 heavy (non-hydrogen) atoms. The van der Waals surface area contributed by atoms with Crippen molar-refractivity contribution in [1.29, 1.82) is 0 Å². The van der Waals surface area contributed by atoms with E-state index < -0.39 is 33.7 Å². The van der Waals surface area contributed by atoms with E-state index in [1.54, 1.807) is 0 Å². The molecule has 1 aliphatic heterocycles. The molecule has 1 atom stereocenters. The number of esters is 1. The second kappa shape index (κ2) is 18.8. The number of carbonyl (C=O) groups is 2. The van der Waals surface area contributed by atoms with Gasteiger partial charge in [0.25, 0.3) is 10.1 Å². The molecule has 0 saturated carbocycles. The Kier molecular flexibility index (Phi) is 20.2. The van der Waals surface area contributed by atoms with E-state index in [0.717, 1.165) is 32.5 Å². The van der Waals surface area contributed by atoms with Gasteiger partial charge >= 0.3 is 35.5 Å². The van der Waals surface area contributed by atoms with Crippen LogP contribution in [-0.2, 0) is 29.2 Å². The van der Waals surface area contributed by atoms with Crippen molar-refractivity contribution in [2.75, 3.05) is 19.8 Å². The van der Waals surface area contributed by atoms with Crippen LogP contribution in [0.3, 0.4) is 0 Å². The van der Waals surface area contributed by atoms with E-state index in [1.807, 2.05) is 0 Å². The van der Waals surface area contributed by atoms with Crippen LogP contribution in [0, 0.1) is 0 Å². The zero-order valence-electron chi connectivity index (χ0n) is 17.2. The van der Waals surface area contributed by atoms with Crippen LogP contribution in [0.4, 0.5) is 0 Å². The molecule has 1 saturated heterocycles. The Balaban J connectivity index is 0. The molecule has 0 bridgehead atoms. The van der Waals surface area contributed by atoms with Gasteiger partial charge < -0.3 is 19.4 Å². The molecule has 0 aromatic heterocycles. The van der Waals surface area contributed by atoms with Crippen molar-refractivity contribution in [3.63, 3.8) is 0 Å². The standard InChI is InChI=1S/C16H30O7S.C2H4O.Na/c1-2-3-4-5-6-7-8-9-10-11-12-23-16(19)14(13-15(17)18)24(20,21)22;1-2-3-1;/h14H,2-13H2,1H3,(H,17,18)(H,20,21,22);1-2H2;/q;;+1/p-1. The molecule has 0 aliphatic carbocycles. The van der Waals surface area contributed by atoms with Gasteiger partial charge in [-0.3, -0.25) is 9.35 Å². The maximum Gasteiger partial charge on any atom is 1.00 e. The predicted molar refractivity (Wildman–Crippen MR) is 98.6 cm³/mol. The van der Waals surface area contributed by atoms with Crippen molar-refractivity contribution in [1.82, 2.24) is 0 Å². The first kappa shape index (κ1) is 30.0. The van der Waals surface area contributed by atoms with E-state index in [2.05, 4.69) is 11.7 Å². The van der Waals surface area contributed by atoms with Crippen LogP contribution in [0.5, 0.6) is 0 Å². The van der Waals surface area contributed by atoms with Gasteiger partial charge in [-0.25, -0.2) is 0 Å². The monoisotopic (exact) mass is 432 g/mol. The minimum atomic E-state index is -4.82. The van der Waals surface area contributed by atoms with Crippen LogP contribution in [-0.4, -0.2) is 50.0 Å². The summed E-state index contributed by atoms with van der Waals surface area (Å²) in [5.74, 6) is -2.99. The van der Waals surface area contributed by atoms with Gasteiger partial charge in [-0.05, 0) is 6.42 Å². The molecule has 1 unspecified atom stereocenters. The van der Waals surface area contributed by atoms with E-state index in [4.69, 9.17) is 9.29 Å². The average molecular weight is 433 g/mol. The quantitative estimate of drug-likeness (QED) is 0.113. The van der Waals surface area contributed by atoms with Crippen molar-refractivity contribution in [3.8, 4) is 0 Å². The normalized spacial score (nSPS) is 13.5. The smallest absolute Gasteiger partial charge is 0.550 e. The Bertz CT molecular complexity index is 505. The zero-order valence-corrected chi connectivity index (χ0v) is 20.0. The van der Waals surface area contributed by atoms with Gasteiger partial charge in [-0.1, -0.05) is 64.7 Å². The predicted octanol–water partition coefficient (Wildman–Crippen LogP) is -1.13. The van der Waals surface area contributed by atoms with Gasteiger partial charge in [-0.2, -0.15) is 8.42 Å². The van der Waals surface area contributed by atoms with Crippen molar-refractivity contribution < 1.29 is 66.7 Å². The van der Waals surface area contributed by atoms with Crippen LogP contribution in [0.25, 0.3) is 0 Å². The average Bonchev–Trinajstić information content (AvgIpc) is 3.45. The molecule has 10 heteroatoms. The molecule has 0 spiro atoms. The second-order valence-corrected chi connectivity index (χ2v) is 8.14. The van der Waals surface area contributed by atoms with E-state index in [-0.39, 0.29) is 36.2 Å². The number of carboxylic acid groups (broad SMARTS) is 1. The number of carbonyl (C=O) groups excluding carboxylic acids is 2. The van der Waals surface area contributed by atoms with Crippen molar-refractivity contribution in [3.05, 3.63) is 0 Å². The molecule has 0 amide bonds. The van der Waals surface area contributed by atoms with Crippen LogP contribution in [0.15, 0.2) is 0 Å². The summed E-state index contributed by atoms with van der Waals surface area (Å²) in [5.41, 5.74) is 0. The molecule has 8 nitrogen and oxygen atoms in total. The molecule has 1 fully saturated rings. The van der Waals surface area contributed by atoms with E-state index >= 15 is 0 Å². The molecule has 1 aliphatic rings. The summed E-state index contributed by atoms with van der Waals surface area (Å²) in [4.78, 5) is 22.0.